The highest BCUT2D eigenvalue weighted by Crippen LogP contribution is 2.32. The molecule has 1 aromatic heterocycles. The number of carbonyl (C=O) groups is 1. The van der Waals surface area contributed by atoms with Crippen molar-refractivity contribution in [1.82, 2.24) is 14.8 Å². The summed E-state index contributed by atoms with van der Waals surface area (Å²) in [7, 11) is 4.60. The van der Waals surface area contributed by atoms with Gasteiger partial charge in [-0.15, -0.1) is 0 Å². The average Bonchev–Trinajstić information content (AvgIpc) is 3.12. The highest BCUT2D eigenvalue weighted by molar-refractivity contribution is 5.99. The van der Waals surface area contributed by atoms with Crippen LogP contribution in [-0.2, 0) is 4.84 Å². The molecule has 0 bridgehead atoms. The summed E-state index contributed by atoms with van der Waals surface area (Å²) in [5.74, 6) is 0.362. The Morgan fingerprint density at radius 3 is 2.40 bits per heavy atom. The van der Waals surface area contributed by atoms with Crippen molar-refractivity contribution in [1.29, 1.82) is 0 Å². The van der Waals surface area contributed by atoms with Gasteiger partial charge in [0.1, 0.15) is 11.4 Å². The fraction of sp³-hybridized carbons (Fsp3) is 0.158. The van der Waals surface area contributed by atoms with Crippen LogP contribution in [0.15, 0.2) is 60.8 Å². The Morgan fingerprint density at radius 2 is 1.72 bits per heavy atom. The zero-order chi connectivity index (χ0) is 17.8. The normalized spacial score (nSPS) is 10.5. The van der Waals surface area contributed by atoms with E-state index in [1.807, 2.05) is 54.6 Å². The number of aromatic nitrogens is 2. The van der Waals surface area contributed by atoms with Gasteiger partial charge in [-0.3, -0.25) is 9.63 Å². The molecule has 0 saturated heterocycles. The van der Waals surface area contributed by atoms with E-state index >= 15 is 0 Å². The highest BCUT2D eigenvalue weighted by atomic mass is 16.7. The lowest BCUT2D eigenvalue weighted by molar-refractivity contribution is -0.0756. The molecule has 0 aliphatic rings. The smallest absolute Gasteiger partial charge is 0.281 e. The summed E-state index contributed by atoms with van der Waals surface area (Å²) in [5.41, 5.74) is 2.57. The maximum atomic E-state index is 12.7. The van der Waals surface area contributed by atoms with Crippen molar-refractivity contribution >= 4 is 5.91 Å². The molecule has 1 amide bonds. The lowest BCUT2D eigenvalue weighted by atomic mass is 10.1. The first-order valence-corrected chi connectivity index (χ1v) is 7.76. The summed E-state index contributed by atoms with van der Waals surface area (Å²) in [6, 6.07) is 17.1. The number of amides is 1. The molecule has 0 unspecified atom stereocenters. The van der Waals surface area contributed by atoms with Crippen LogP contribution >= 0.6 is 0 Å². The second-order valence-electron chi connectivity index (χ2n) is 5.36. The van der Waals surface area contributed by atoms with Gasteiger partial charge in [-0.1, -0.05) is 30.3 Å². The molecular weight excluding hydrogens is 318 g/mol. The summed E-state index contributed by atoms with van der Waals surface area (Å²) >= 11 is 0. The molecule has 1 heterocycles. The van der Waals surface area contributed by atoms with Crippen LogP contribution in [0, 0.1) is 0 Å². The Labute approximate surface area is 146 Å². The van der Waals surface area contributed by atoms with Gasteiger partial charge in [-0.05, 0) is 24.3 Å². The van der Waals surface area contributed by atoms with Gasteiger partial charge in [0.15, 0.2) is 0 Å². The van der Waals surface area contributed by atoms with E-state index in [1.54, 1.807) is 25.0 Å². The van der Waals surface area contributed by atoms with Gasteiger partial charge in [0.2, 0.25) is 0 Å². The molecule has 0 atom stereocenters. The zero-order valence-corrected chi connectivity index (χ0v) is 14.3. The molecule has 25 heavy (non-hydrogen) atoms. The number of hydrogen-bond donors (Lipinski definition) is 0. The molecule has 3 rings (SSSR count). The van der Waals surface area contributed by atoms with Gasteiger partial charge in [0.25, 0.3) is 5.91 Å². The van der Waals surface area contributed by atoms with E-state index in [0.29, 0.717) is 17.0 Å². The first-order valence-electron chi connectivity index (χ1n) is 7.76. The van der Waals surface area contributed by atoms with E-state index in [0.717, 1.165) is 11.3 Å². The number of para-hydroxylation sites is 2. The Bertz CT molecular complexity index is 875. The summed E-state index contributed by atoms with van der Waals surface area (Å²) in [6.45, 7) is 0. The third-order valence-corrected chi connectivity index (χ3v) is 3.89. The van der Waals surface area contributed by atoms with Crippen molar-refractivity contribution in [3.8, 4) is 22.7 Å². The number of nitrogens with zero attached hydrogens (tertiary/aromatic N) is 3. The van der Waals surface area contributed by atoms with Crippen molar-refractivity contribution in [2.75, 3.05) is 21.3 Å². The van der Waals surface area contributed by atoms with Crippen LogP contribution in [0.3, 0.4) is 0 Å². The van der Waals surface area contributed by atoms with Gasteiger partial charge >= 0.3 is 0 Å². The molecule has 0 N–H and O–H groups in total. The zero-order valence-electron chi connectivity index (χ0n) is 14.3. The van der Waals surface area contributed by atoms with Crippen LogP contribution < -0.4 is 4.74 Å². The molecule has 0 radical (unpaired) electrons. The molecule has 0 fully saturated rings. The van der Waals surface area contributed by atoms with Crippen molar-refractivity contribution < 1.29 is 14.4 Å². The van der Waals surface area contributed by atoms with E-state index in [4.69, 9.17) is 9.57 Å². The van der Waals surface area contributed by atoms with Crippen LogP contribution in [0.4, 0.5) is 0 Å². The van der Waals surface area contributed by atoms with Gasteiger partial charge < -0.3 is 4.74 Å². The first-order chi connectivity index (χ1) is 12.2. The minimum Gasteiger partial charge on any atom is -0.496 e. The first kappa shape index (κ1) is 16.7. The van der Waals surface area contributed by atoms with E-state index in [9.17, 15) is 4.79 Å². The van der Waals surface area contributed by atoms with Gasteiger partial charge in [-0.2, -0.15) is 5.10 Å². The van der Waals surface area contributed by atoms with Crippen LogP contribution in [0.5, 0.6) is 5.75 Å². The molecule has 6 nitrogen and oxygen atoms in total. The Balaban J connectivity index is 2.18. The second kappa shape index (κ2) is 7.19. The molecular formula is C19H19N3O3. The number of rotatable bonds is 5. The van der Waals surface area contributed by atoms with Crippen LogP contribution in [0.2, 0.25) is 0 Å². The Kier molecular flexibility index (Phi) is 4.81. The minimum absolute atomic E-state index is 0.286. The van der Waals surface area contributed by atoms with Crippen molar-refractivity contribution in [3.05, 3.63) is 66.4 Å². The minimum atomic E-state index is -0.286. The van der Waals surface area contributed by atoms with Crippen molar-refractivity contribution in [2.45, 2.75) is 0 Å². The predicted molar refractivity (Wildman–Crippen MR) is 94.7 cm³/mol. The standard InChI is InChI=1S/C19H19N3O3/c1-21(25-3)19(23)16-13-22(14-9-5-4-6-10-14)20-18(16)15-11-7-8-12-17(15)24-2/h4-13H,1-3H3. The van der Waals surface area contributed by atoms with Gasteiger partial charge in [0.05, 0.1) is 25.5 Å². The molecule has 0 aliphatic heterocycles. The Morgan fingerprint density at radius 1 is 1.04 bits per heavy atom. The number of hydroxylamine groups is 2. The molecule has 6 heteroatoms. The van der Waals surface area contributed by atoms with Crippen molar-refractivity contribution in [3.63, 3.8) is 0 Å². The van der Waals surface area contributed by atoms with Crippen molar-refractivity contribution in [2.24, 2.45) is 0 Å². The molecule has 2 aromatic carbocycles. The lowest BCUT2D eigenvalue weighted by Crippen LogP contribution is -2.25. The summed E-state index contributed by atoms with van der Waals surface area (Å²) in [5, 5.41) is 5.80. The van der Waals surface area contributed by atoms with Gasteiger partial charge in [-0.25, -0.2) is 9.75 Å². The summed E-state index contributed by atoms with van der Waals surface area (Å²) < 4.78 is 7.11. The second-order valence-corrected chi connectivity index (χ2v) is 5.36. The molecule has 0 aliphatic carbocycles. The fourth-order valence-corrected chi connectivity index (χ4v) is 2.54. The highest BCUT2D eigenvalue weighted by Gasteiger charge is 2.23. The predicted octanol–water partition coefficient (Wildman–Crippen LogP) is 3.18. The topological polar surface area (TPSA) is 56.6 Å². The molecule has 0 saturated carbocycles. The number of benzene rings is 2. The summed E-state index contributed by atoms with van der Waals surface area (Å²) in [6.07, 6.45) is 1.70. The lowest BCUT2D eigenvalue weighted by Gasteiger charge is -2.13. The van der Waals surface area contributed by atoms with Crippen LogP contribution in [0.1, 0.15) is 10.4 Å². The number of carbonyl (C=O) groups excluding carboxylic acids is 1. The SMILES string of the molecule is COc1ccccc1-c1nn(-c2ccccc2)cc1C(=O)N(C)OC. The largest absolute Gasteiger partial charge is 0.496 e. The van der Waals surface area contributed by atoms with E-state index in [1.165, 1.54) is 12.2 Å². The third kappa shape index (κ3) is 3.25. The quantitative estimate of drug-likeness (QED) is 0.671. The molecule has 0 spiro atoms. The molecule has 128 valence electrons. The fourth-order valence-electron chi connectivity index (χ4n) is 2.54. The monoisotopic (exact) mass is 337 g/mol. The van der Waals surface area contributed by atoms with E-state index in [-0.39, 0.29) is 5.91 Å². The third-order valence-electron chi connectivity index (χ3n) is 3.89. The Hall–Kier alpha value is -3.12. The number of methoxy groups -OCH3 is 1. The maximum absolute atomic E-state index is 12.7. The average molecular weight is 337 g/mol. The number of ether oxygens (including phenoxy) is 1. The maximum Gasteiger partial charge on any atom is 0.281 e. The van der Waals surface area contributed by atoms with Crippen LogP contribution in [0.25, 0.3) is 16.9 Å². The van der Waals surface area contributed by atoms with Gasteiger partial charge in [0, 0.05) is 18.8 Å². The van der Waals surface area contributed by atoms with E-state index in [2.05, 4.69) is 5.10 Å². The number of hydrogen-bond acceptors (Lipinski definition) is 4. The van der Waals surface area contributed by atoms with E-state index < -0.39 is 0 Å². The van der Waals surface area contributed by atoms with Crippen LogP contribution in [-0.4, -0.2) is 42.0 Å². The summed E-state index contributed by atoms with van der Waals surface area (Å²) in [4.78, 5) is 17.8. The molecule has 3 aromatic rings.